The normalized spacial score (nSPS) is 24.6. The lowest BCUT2D eigenvalue weighted by molar-refractivity contribution is -0.138. The minimum atomic E-state index is -0.394. The third kappa shape index (κ3) is 3.57. The molecule has 1 N–H and O–H groups in total. The zero-order valence-corrected chi connectivity index (χ0v) is 12.6. The van der Waals surface area contributed by atoms with Gasteiger partial charge in [-0.2, -0.15) is 0 Å². The van der Waals surface area contributed by atoms with Gasteiger partial charge in [0.05, 0.1) is 12.6 Å². The number of ether oxygens (including phenoxy) is 1. The Balaban J connectivity index is 1.69. The molecule has 2 heterocycles. The Morgan fingerprint density at radius 1 is 1.52 bits per heavy atom. The Morgan fingerprint density at radius 3 is 3.00 bits per heavy atom. The van der Waals surface area contributed by atoms with Gasteiger partial charge in [0.15, 0.2) is 5.82 Å². The topological polar surface area (TPSA) is 67.4 Å². The van der Waals surface area contributed by atoms with Crippen LogP contribution >= 0.6 is 0 Å². The van der Waals surface area contributed by atoms with Gasteiger partial charge in [-0.05, 0) is 38.8 Å². The predicted molar refractivity (Wildman–Crippen MR) is 77.6 cm³/mol. The number of morpholine rings is 1. The van der Waals surface area contributed by atoms with Crippen molar-refractivity contribution in [2.75, 3.05) is 26.7 Å². The fraction of sp³-hybridized carbons (Fsp3) is 0.667. The molecule has 6 nitrogen and oxygen atoms in total. The summed E-state index contributed by atoms with van der Waals surface area (Å²) < 4.78 is 5.58. The number of hydrogen-bond donors (Lipinski definition) is 1. The van der Waals surface area contributed by atoms with Crippen LogP contribution in [0, 0.1) is 12.8 Å². The zero-order valence-electron chi connectivity index (χ0n) is 12.6. The lowest BCUT2D eigenvalue weighted by Gasteiger charge is -2.30. The average molecular weight is 290 g/mol. The van der Waals surface area contributed by atoms with Crippen molar-refractivity contribution in [1.82, 2.24) is 20.2 Å². The van der Waals surface area contributed by atoms with Crippen LogP contribution in [0.15, 0.2) is 12.3 Å². The van der Waals surface area contributed by atoms with E-state index < -0.39 is 6.10 Å². The van der Waals surface area contributed by atoms with Crippen molar-refractivity contribution in [1.29, 1.82) is 0 Å². The lowest BCUT2D eigenvalue weighted by atomic mass is 10.1. The highest BCUT2D eigenvalue weighted by Crippen LogP contribution is 2.40. The van der Waals surface area contributed by atoms with Crippen LogP contribution in [0.1, 0.15) is 30.4 Å². The molecule has 6 heteroatoms. The van der Waals surface area contributed by atoms with E-state index in [1.807, 2.05) is 20.0 Å². The van der Waals surface area contributed by atoms with Crippen molar-refractivity contribution in [2.45, 2.75) is 31.9 Å². The molecule has 2 aliphatic rings. The largest absolute Gasteiger partial charge is 0.366 e. The van der Waals surface area contributed by atoms with E-state index in [1.165, 1.54) is 0 Å². The summed E-state index contributed by atoms with van der Waals surface area (Å²) >= 11 is 0. The predicted octanol–water partition coefficient (Wildman–Crippen LogP) is 0.683. The maximum atomic E-state index is 12.4. The van der Waals surface area contributed by atoms with E-state index in [4.69, 9.17) is 4.74 Å². The zero-order chi connectivity index (χ0) is 14.8. The number of hydrogen-bond acceptors (Lipinski definition) is 5. The summed E-state index contributed by atoms with van der Waals surface area (Å²) in [6, 6.07) is 1.78. The second-order valence-electron chi connectivity index (χ2n) is 6.00. The van der Waals surface area contributed by atoms with Crippen LogP contribution < -0.4 is 5.32 Å². The molecule has 2 fully saturated rings. The number of rotatable bonds is 4. The number of aryl methyl sites for hydroxylation is 1. The number of carbonyl (C=O) groups is 1. The van der Waals surface area contributed by atoms with Crippen LogP contribution in [0.4, 0.5) is 0 Å². The van der Waals surface area contributed by atoms with E-state index in [0.717, 1.165) is 30.9 Å². The molecule has 0 bridgehead atoms. The first-order valence-electron chi connectivity index (χ1n) is 7.53. The van der Waals surface area contributed by atoms with Crippen molar-refractivity contribution in [3.05, 3.63) is 23.8 Å². The van der Waals surface area contributed by atoms with Gasteiger partial charge in [-0.15, -0.1) is 0 Å². The van der Waals surface area contributed by atoms with E-state index in [1.54, 1.807) is 6.20 Å². The Labute approximate surface area is 124 Å². The van der Waals surface area contributed by atoms with E-state index in [2.05, 4.69) is 20.2 Å². The van der Waals surface area contributed by atoms with E-state index in [-0.39, 0.29) is 11.9 Å². The van der Waals surface area contributed by atoms with Gasteiger partial charge in [0.1, 0.15) is 6.10 Å². The van der Waals surface area contributed by atoms with Crippen molar-refractivity contribution in [3.8, 4) is 0 Å². The molecule has 1 amide bonds. The molecule has 1 saturated heterocycles. The summed E-state index contributed by atoms with van der Waals surface area (Å²) in [6.07, 6.45) is 3.60. The number of carbonyl (C=O) groups excluding carboxylic acids is 1. The molecule has 114 valence electrons. The van der Waals surface area contributed by atoms with Crippen LogP contribution in [-0.2, 0) is 9.53 Å². The third-order valence-electron chi connectivity index (χ3n) is 4.04. The monoisotopic (exact) mass is 290 g/mol. The van der Waals surface area contributed by atoms with Gasteiger partial charge < -0.3 is 15.0 Å². The molecular formula is C15H22N4O2. The number of amides is 1. The number of nitrogens with zero attached hydrogens (tertiary/aromatic N) is 3. The first-order valence-corrected chi connectivity index (χ1v) is 7.53. The number of aromatic nitrogens is 2. The highest BCUT2D eigenvalue weighted by molar-refractivity contribution is 5.81. The Morgan fingerprint density at radius 2 is 2.33 bits per heavy atom. The van der Waals surface area contributed by atoms with E-state index >= 15 is 0 Å². The first kappa shape index (κ1) is 14.4. The van der Waals surface area contributed by atoms with Gasteiger partial charge in [0, 0.05) is 25.0 Å². The fourth-order valence-electron chi connectivity index (χ4n) is 2.62. The fourth-order valence-corrected chi connectivity index (χ4v) is 2.62. The van der Waals surface area contributed by atoms with Crippen molar-refractivity contribution < 1.29 is 9.53 Å². The summed E-state index contributed by atoms with van der Waals surface area (Å²) in [5.41, 5.74) is 0.925. The highest BCUT2D eigenvalue weighted by atomic mass is 16.5. The Kier molecular flexibility index (Phi) is 4.17. The SMILES string of the molecule is Cc1ccnc(C(NC(=O)C2CN(C)CCO2)C2CC2)n1. The van der Waals surface area contributed by atoms with Gasteiger partial charge in [0.2, 0.25) is 0 Å². The van der Waals surface area contributed by atoms with Gasteiger partial charge in [0.25, 0.3) is 5.91 Å². The van der Waals surface area contributed by atoms with Crippen LogP contribution in [0.3, 0.4) is 0 Å². The molecule has 1 aromatic rings. The quantitative estimate of drug-likeness (QED) is 0.883. The first-order chi connectivity index (χ1) is 10.1. The Hall–Kier alpha value is -1.53. The van der Waals surface area contributed by atoms with Crippen LogP contribution in [0.2, 0.25) is 0 Å². The molecule has 3 rings (SSSR count). The maximum absolute atomic E-state index is 12.4. The number of nitrogens with one attached hydrogen (secondary N) is 1. The molecular weight excluding hydrogens is 268 g/mol. The molecule has 0 radical (unpaired) electrons. The lowest BCUT2D eigenvalue weighted by Crippen LogP contribution is -2.49. The van der Waals surface area contributed by atoms with Crippen molar-refractivity contribution in [2.24, 2.45) is 5.92 Å². The average Bonchev–Trinajstić information content (AvgIpc) is 3.29. The molecule has 2 atom stereocenters. The molecule has 1 saturated carbocycles. The molecule has 21 heavy (non-hydrogen) atoms. The second kappa shape index (κ2) is 6.07. The van der Waals surface area contributed by atoms with Gasteiger partial charge in [-0.25, -0.2) is 9.97 Å². The smallest absolute Gasteiger partial charge is 0.251 e. The second-order valence-corrected chi connectivity index (χ2v) is 6.00. The van der Waals surface area contributed by atoms with Crippen LogP contribution in [-0.4, -0.2) is 53.6 Å². The molecule has 1 aliphatic heterocycles. The highest BCUT2D eigenvalue weighted by Gasteiger charge is 2.37. The van der Waals surface area contributed by atoms with Gasteiger partial charge >= 0.3 is 0 Å². The van der Waals surface area contributed by atoms with Crippen LogP contribution in [0.5, 0.6) is 0 Å². The Bertz CT molecular complexity index is 518. The molecule has 1 aromatic heterocycles. The third-order valence-corrected chi connectivity index (χ3v) is 4.04. The maximum Gasteiger partial charge on any atom is 0.251 e. The minimum absolute atomic E-state index is 0.0523. The summed E-state index contributed by atoms with van der Waals surface area (Å²) in [7, 11) is 2.00. The number of likely N-dealkylation sites (N-methyl/N-ethyl adjacent to an activating group) is 1. The molecule has 2 unspecified atom stereocenters. The van der Waals surface area contributed by atoms with Gasteiger partial charge in [-0.3, -0.25) is 4.79 Å². The molecule has 0 aromatic carbocycles. The van der Waals surface area contributed by atoms with Crippen LogP contribution in [0.25, 0.3) is 0 Å². The summed E-state index contributed by atoms with van der Waals surface area (Å²) in [5, 5.41) is 3.10. The van der Waals surface area contributed by atoms with E-state index in [0.29, 0.717) is 19.1 Å². The summed E-state index contributed by atoms with van der Waals surface area (Å²) in [6.45, 7) is 4.05. The molecule has 1 aliphatic carbocycles. The van der Waals surface area contributed by atoms with Crippen molar-refractivity contribution >= 4 is 5.91 Å². The minimum Gasteiger partial charge on any atom is -0.366 e. The summed E-state index contributed by atoms with van der Waals surface area (Å²) in [4.78, 5) is 23.3. The molecule has 0 spiro atoms. The summed E-state index contributed by atoms with van der Waals surface area (Å²) in [5.74, 6) is 1.12. The standard InChI is InChI=1S/C15H22N4O2/c1-10-5-6-16-14(17-10)13(11-3-4-11)18-15(20)12-9-19(2)7-8-21-12/h5-6,11-13H,3-4,7-9H2,1-2H3,(H,18,20). The van der Waals surface area contributed by atoms with Gasteiger partial charge in [-0.1, -0.05) is 0 Å². The van der Waals surface area contributed by atoms with Crippen molar-refractivity contribution in [3.63, 3.8) is 0 Å². The van der Waals surface area contributed by atoms with E-state index in [9.17, 15) is 4.79 Å².